The standard InChI is InChI=1S/C12H20N2/c1-12(2,3)11-8-13-9-14(11)10-6-4-5-7-10/h8-10H,4-7H2,1-3H3. The van der Waals surface area contributed by atoms with E-state index in [1.807, 2.05) is 12.5 Å². The molecule has 1 aromatic heterocycles. The summed E-state index contributed by atoms with van der Waals surface area (Å²) >= 11 is 0. The van der Waals surface area contributed by atoms with E-state index in [4.69, 9.17) is 0 Å². The number of aromatic nitrogens is 2. The molecule has 78 valence electrons. The molecule has 0 radical (unpaired) electrons. The van der Waals surface area contributed by atoms with Crippen LogP contribution in [-0.4, -0.2) is 9.55 Å². The second-order valence-electron chi connectivity index (χ2n) is 5.37. The summed E-state index contributed by atoms with van der Waals surface area (Å²) in [5.41, 5.74) is 1.60. The third-order valence-electron chi connectivity index (χ3n) is 3.15. The molecule has 2 rings (SSSR count). The minimum Gasteiger partial charge on any atom is -0.331 e. The molecule has 1 aromatic rings. The van der Waals surface area contributed by atoms with Gasteiger partial charge in [0.2, 0.25) is 0 Å². The third-order valence-corrected chi connectivity index (χ3v) is 3.15. The maximum absolute atomic E-state index is 4.30. The first-order chi connectivity index (χ1) is 6.59. The van der Waals surface area contributed by atoms with Crippen molar-refractivity contribution in [2.75, 3.05) is 0 Å². The first-order valence-electron chi connectivity index (χ1n) is 5.61. The van der Waals surface area contributed by atoms with Crippen LogP contribution < -0.4 is 0 Å². The van der Waals surface area contributed by atoms with Gasteiger partial charge in [0.05, 0.1) is 6.33 Å². The highest BCUT2D eigenvalue weighted by Gasteiger charge is 2.24. The quantitative estimate of drug-likeness (QED) is 0.667. The molecule has 1 saturated carbocycles. The summed E-state index contributed by atoms with van der Waals surface area (Å²) in [6, 6.07) is 0.715. The molecule has 2 nitrogen and oxygen atoms in total. The van der Waals surface area contributed by atoms with E-state index in [-0.39, 0.29) is 5.41 Å². The van der Waals surface area contributed by atoms with E-state index in [2.05, 4.69) is 30.3 Å². The fourth-order valence-corrected chi connectivity index (χ4v) is 2.36. The van der Waals surface area contributed by atoms with Crippen LogP contribution in [0.1, 0.15) is 58.2 Å². The van der Waals surface area contributed by atoms with Crippen molar-refractivity contribution in [3.8, 4) is 0 Å². The Morgan fingerprint density at radius 2 is 1.93 bits per heavy atom. The van der Waals surface area contributed by atoms with Gasteiger partial charge in [-0.15, -0.1) is 0 Å². The number of nitrogens with zero attached hydrogens (tertiary/aromatic N) is 2. The molecule has 1 aliphatic carbocycles. The van der Waals surface area contributed by atoms with Gasteiger partial charge in [-0.05, 0) is 12.8 Å². The molecule has 0 saturated heterocycles. The van der Waals surface area contributed by atoms with Crippen molar-refractivity contribution in [2.45, 2.75) is 57.9 Å². The summed E-state index contributed by atoms with van der Waals surface area (Å²) in [5, 5.41) is 0. The van der Waals surface area contributed by atoms with E-state index in [0.29, 0.717) is 6.04 Å². The molecule has 14 heavy (non-hydrogen) atoms. The minimum absolute atomic E-state index is 0.221. The maximum Gasteiger partial charge on any atom is 0.0950 e. The van der Waals surface area contributed by atoms with Crippen LogP contribution in [0, 0.1) is 0 Å². The molecule has 2 heteroatoms. The third kappa shape index (κ3) is 1.70. The highest BCUT2D eigenvalue weighted by molar-refractivity contribution is 5.12. The maximum atomic E-state index is 4.30. The Morgan fingerprint density at radius 3 is 2.50 bits per heavy atom. The van der Waals surface area contributed by atoms with Gasteiger partial charge in [-0.25, -0.2) is 4.98 Å². The number of rotatable bonds is 1. The van der Waals surface area contributed by atoms with Gasteiger partial charge in [0.25, 0.3) is 0 Å². The van der Waals surface area contributed by atoms with Crippen molar-refractivity contribution in [1.29, 1.82) is 0 Å². The monoisotopic (exact) mass is 192 g/mol. The van der Waals surface area contributed by atoms with E-state index in [9.17, 15) is 0 Å². The summed E-state index contributed by atoms with van der Waals surface area (Å²) in [7, 11) is 0. The van der Waals surface area contributed by atoms with E-state index < -0.39 is 0 Å². The Hall–Kier alpha value is -0.790. The zero-order valence-corrected chi connectivity index (χ0v) is 9.45. The zero-order chi connectivity index (χ0) is 10.2. The van der Waals surface area contributed by atoms with Crippen molar-refractivity contribution in [3.05, 3.63) is 18.2 Å². The number of hydrogen-bond acceptors (Lipinski definition) is 1. The lowest BCUT2D eigenvalue weighted by Gasteiger charge is -2.24. The SMILES string of the molecule is CC(C)(C)c1cncn1C1CCCC1. The predicted octanol–water partition coefficient (Wildman–Crippen LogP) is 3.30. The lowest BCUT2D eigenvalue weighted by Crippen LogP contribution is -2.19. The zero-order valence-electron chi connectivity index (χ0n) is 9.45. The van der Waals surface area contributed by atoms with Crippen LogP contribution in [0.25, 0.3) is 0 Å². The average Bonchev–Trinajstić information content (AvgIpc) is 2.73. The van der Waals surface area contributed by atoms with Crippen molar-refractivity contribution in [1.82, 2.24) is 9.55 Å². The molecule has 0 aliphatic heterocycles. The van der Waals surface area contributed by atoms with E-state index in [1.54, 1.807) is 0 Å². The molecular formula is C12H20N2. The molecule has 1 fully saturated rings. The molecule has 0 bridgehead atoms. The van der Waals surface area contributed by atoms with E-state index >= 15 is 0 Å². The summed E-state index contributed by atoms with van der Waals surface area (Å²) in [6.07, 6.45) is 9.46. The number of hydrogen-bond donors (Lipinski definition) is 0. The first-order valence-corrected chi connectivity index (χ1v) is 5.61. The van der Waals surface area contributed by atoms with E-state index in [1.165, 1.54) is 31.4 Å². The first kappa shape index (κ1) is 9.75. The molecule has 1 heterocycles. The largest absolute Gasteiger partial charge is 0.331 e. The molecule has 0 amide bonds. The summed E-state index contributed by atoms with van der Waals surface area (Å²) in [5.74, 6) is 0. The molecule has 1 aliphatic rings. The lowest BCUT2D eigenvalue weighted by molar-refractivity contribution is 0.448. The van der Waals surface area contributed by atoms with Gasteiger partial charge in [-0.1, -0.05) is 33.6 Å². The van der Waals surface area contributed by atoms with Crippen LogP contribution in [0.5, 0.6) is 0 Å². The Bertz CT molecular complexity index is 300. The Balaban J connectivity index is 2.29. The Labute approximate surface area is 86.3 Å². The van der Waals surface area contributed by atoms with Gasteiger partial charge in [0.1, 0.15) is 0 Å². The van der Waals surface area contributed by atoms with Gasteiger partial charge < -0.3 is 4.57 Å². The summed E-state index contributed by atoms with van der Waals surface area (Å²) < 4.78 is 2.40. The molecule has 0 unspecified atom stereocenters. The van der Waals surface area contributed by atoms with Gasteiger partial charge in [0.15, 0.2) is 0 Å². The smallest absolute Gasteiger partial charge is 0.0950 e. The van der Waals surface area contributed by atoms with Crippen LogP contribution in [0.3, 0.4) is 0 Å². The molecule has 0 atom stereocenters. The van der Waals surface area contributed by atoms with Crippen molar-refractivity contribution in [3.63, 3.8) is 0 Å². The van der Waals surface area contributed by atoms with Crippen molar-refractivity contribution >= 4 is 0 Å². The average molecular weight is 192 g/mol. The topological polar surface area (TPSA) is 17.8 Å². The second kappa shape index (κ2) is 3.41. The van der Waals surface area contributed by atoms with Gasteiger partial charge in [-0.3, -0.25) is 0 Å². The van der Waals surface area contributed by atoms with Gasteiger partial charge in [-0.2, -0.15) is 0 Å². The lowest BCUT2D eigenvalue weighted by atomic mass is 9.92. The normalized spacial score (nSPS) is 19.1. The molecule has 0 N–H and O–H groups in total. The van der Waals surface area contributed by atoms with Crippen LogP contribution in [0.2, 0.25) is 0 Å². The predicted molar refractivity (Wildman–Crippen MR) is 58.4 cm³/mol. The van der Waals surface area contributed by atoms with Crippen molar-refractivity contribution in [2.24, 2.45) is 0 Å². The minimum atomic E-state index is 0.221. The summed E-state index contributed by atoms with van der Waals surface area (Å²) in [4.78, 5) is 4.30. The number of imidazole rings is 1. The highest BCUT2D eigenvalue weighted by atomic mass is 15.1. The van der Waals surface area contributed by atoms with E-state index in [0.717, 1.165) is 0 Å². The van der Waals surface area contributed by atoms with Gasteiger partial charge >= 0.3 is 0 Å². The van der Waals surface area contributed by atoms with Gasteiger partial charge in [0, 0.05) is 23.3 Å². The van der Waals surface area contributed by atoms with Crippen molar-refractivity contribution < 1.29 is 0 Å². The van der Waals surface area contributed by atoms with Crippen LogP contribution in [0.15, 0.2) is 12.5 Å². The summed E-state index contributed by atoms with van der Waals surface area (Å²) in [6.45, 7) is 6.78. The Morgan fingerprint density at radius 1 is 1.29 bits per heavy atom. The highest BCUT2D eigenvalue weighted by Crippen LogP contribution is 2.33. The fraction of sp³-hybridized carbons (Fsp3) is 0.750. The molecule has 0 spiro atoms. The molecular weight excluding hydrogens is 172 g/mol. The molecule has 0 aromatic carbocycles. The van der Waals surface area contributed by atoms with Crippen LogP contribution >= 0.6 is 0 Å². The van der Waals surface area contributed by atoms with Crippen LogP contribution in [0.4, 0.5) is 0 Å². The Kier molecular flexibility index (Phi) is 2.38. The van der Waals surface area contributed by atoms with Crippen LogP contribution in [-0.2, 0) is 5.41 Å². The fourth-order valence-electron chi connectivity index (χ4n) is 2.36. The second-order valence-corrected chi connectivity index (χ2v) is 5.37.